The minimum absolute atomic E-state index is 0.667. The number of nitrogens with zero attached hydrogens (tertiary/aromatic N) is 1. The highest BCUT2D eigenvalue weighted by Crippen LogP contribution is 2.17. The molecule has 1 aromatic carbocycles. The van der Waals surface area contributed by atoms with Gasteiger partial charge >= 0.3 is 0 Å². The molecule has 1 N–H and O–H groups in total. The number of benzene rings is 1. The van der Waals surface area contributed by atoms with Crippen molar-refractivity contribution in [3.63, 3.8) is 0 Å². The lowest BCUT2D eigenvalue weighted by molar-refractivity contribution is 0.0406. The van der Waals surface area contributed by atoms with Crippen molar-refractivity contribution in [1.29, 1.82) is 0 Å². The lowest BCUT2D eigenvalue weighted by Crippen LogP contribution is -2.36. The number of nitrogens with one attached hydrogen (secondary N) is 1. The Labute approximate surface area is 123 Å². The molecule has 0 amide bonds. The standard InChI is InChI=1S/C17H28N2O/c1-3-10-18-13-15-6-4-5-7-16(15)14-19(2)17-8-11-20-12-9-17/h4-7,17-18H,3,8-14H2,1-2H3. The smallest absolute Gasteiger partial charge is 0.0480 e. The molecule has 2 rings (SSSR count). The summed E-state index contributed by atoms with van der Waals surface area (Å²) in [7, 11) is 2.24. The summed E-state index contributed by atoms with van der Waals surface area (Å²) in [5, 5.41) is 3.51. The summed E-state index contributed by atoms with van der Waals surface area (Å²) in [4.78, 5) is 2.49. The maximum Gasteiger partial charge on any atom is 0.0480 e. The zero-order chi connectivity index (χ0) is 14.2. The molecule has 3 heteroatoms. The van der Waals surface area contributed by atoms with Crippen LogP contribution in [0.15, 0.2) is 24.3 Å². The molecule has 0 spiro atoms. The van der Waals surface area contributed by atoms with Gasteiger partial charge < -0.3 is 10.1 Å². The van der Waals surface area contributed by atoms with Gasteiger partial charge in [0.2, 0.25) is 0 Å². The fraction of sp³-hybridized carbons (Fsp3) is 0.647. The number of hydrogen-bond donors (Lipinski definition) is 1. The molecule has 112 valence electrons. The molecule has 1 aliphatic heterocycles. The van der Waals surface area contributed by atoms with Gasteiger partial charge in [0.1, 0.15) is 0 Å². The van der Waals surface area contributed by atoms with Gasteiger partial charge in [0, 0.05) is 32.3 Å². The molecule has 0 aromatic heterocycles. The average Bonchev–Trinajstić information content (AvgIpc) is 2.50. The van der Waals surface area contributed by atoms with Crippen LogP contribution in [0.5, 0.6) is 0 Å². The first-order chi connectivity index (χ1) is 9.81. The first kappa shape index (κ1) is 15.5. The van der Waals surface area contributed by atoms with E-state index in [1.54, 1.807) is 0 Å². The fourth-order valence-corrected chi connectivity index (χ4v) is 2.81. The van der Waals surface area contributed by atoms with E-state index >= 15 is 0 Å². The monoisotopic (exact) mass is 276 g/mol. The molecule has 1 fully saturated rings. The molecule has 1 aromatic rings. The van der Waals surface area contributed by atoms with Gasteiger partial charge in [-0.3, -0.25) is 4.90 Å². The van der Waals surface area contributed by atoms with Crippen molar-refractivity contribution in [3.05, 3.63) is 35.4 Å². The molecule has 0 saturated carbocycles. The van der Waals surface area contributed by atoms with E-state index in [-0.39, 0.29) is 0 Å². The minimum atomic E-state index is 0.667. The molecule has 1 aliphatic rings. The van der Waals surface area contributed by atoms with Crippen LogP contribution >= 0.6 is 0 Å². The number of hydrogen-bond acceptors (Lipinski definition) is 3. The molecule has 1 saturated heterocycles. The lowest BCUT2D eigenvalue weighted by atomic mass is 10.0. The van der Waals surface area contributed by atoms with E-state index in [0.717, 1.165) is 45.7 Å². The molecule has 1 heterocycles. The van der Waals surface area contributed by atoms with Crippen LogP contribution in [-0.2, 0) is 17.8 Å². The molecule has 20 heavy (non-hydrogen) atoms. The molecule has 3 nitrogen and oxygen atoms in total. The third-order valence-electron chi connectivity index (χ3n) is 4.09. The fourth-order valence-electron chi connectivity index (χ4n) is 2.81. The average molecular weight is 276 g/mol. The SMILES string of the molecule is CCCNCc1ccccc1CN(C)C1CCOCC1. The normalized spacial score (nSPS) is 16.8. The second kappa shape index (κ2) is 8.40. The Bertz CT molecular complexity index is 388. The molecule has 0 aliphatic carbocycles. The van der Waals surface area contributed by atoms with Crippen molar-refractivity contribution < 1.29 is 4.74 Å². The van der Waals surface area contributed by atoms with Crippen LogP contribution < -0.4 is 5.32 Å². The van der Waals surface area contributed by atoms with Crippen molar-refractivity contribution in [3.8, 4) is 0 Å². The van der Waals surface area contributed by atoms with Crippen molar-refractivity contribution in [2.75, 3.05) is 26.8 Å². The van der Waals surface area contributed by atoms with E-state index in [4.69, 9.17) is 4.74 Å². The van der Waals surface area contributed by atoms with Crippen LogP contribution in [0.25, 0.3) is 0 Å². The van der Waals surface area contributed by atoms with Gasteiger partial charge in [-0.1, -0.05) is 31.2 Å². The first-order valence-corrected chi connectivity index (χ1v) is 7.86. The Morgan fingerprint density at radius 2 is 1.90 bits per heavy atom. The highest BCUT2D eigenvalue weighted by Gasteiger charge is 2.18. The zero-order valence-electron chi connectivity index (χ0n) is 12.9. The summed E-state index contributed by atoms with van der Waals surface area (Å²) in [5.41, 5.74) is 2.88. The molecular weight excluding hydrogens is 248 g/mol. The highest BCUT2D eigenvalue weighted by atomic mass is 16.5. The Kier molecular flexibility index (Phi) is 6.51. The van der Waals surface area contributed by atoms with Gasteiger partial charge in [0.05, 0.1) is 0 Å². The molecule has 0 atom stereocenters. The quantitative estimate of drug-likeness (QED) is 0.775. The lowest BCUT2D eigenvalue weighted by Gasteiger charge is -2.31. The van der Waals surface area contributed by atoms with E-state index < -0.39 is 0 Å². The topological polar surface area (TPSA) is 24.5 Å². The van der Waals surface area contributed by atoms with E-state index in [0.29, 0.717) is 6.04 Å². The Morgan fingerprint density at radius 3 is 2.60 bits per heavy atom. The van der Waals surface area contributed by atoms with Gasteiger partial charge in [-0.2, -0.15) is 0 Å². The zero-order valence-corrected chi connectivity index (χ0v) is 12.9. The maximum absolute atomic E-state index is 5.45. The predicted molar refractivity (Wildman–Crippen MR) is 83.7 cm³/mol. The summed E-state index contributed by atoms with van der Waals surface area (Å²) in [6.45, 7) is 7.13. The van der Waals surface area contributed by atoms with Crippen LogP contribution in [0.3, 0.4) is 0 Å². The molecular formula is C17H28N2O. The third kappa shape index (κ3) is 4.58. The van der Waals surface area contributed by atoms with E-state index in [1.807, 2.05) is 0 Å². The van der Waals surface area contributed by atoms with Crippen molar-refractivity contribution in [2.45, 2.75) is 45.3 Å². The molecule has 0 bridgehead atoms. The van der Waals surface area contributed by atoms with Gasteiger partial charge in [-0.25, -0.2) is 0 Å². The summed E-state index contributed by atoms with van der Waals surface area (Å²) in [5.74, 6) is 0. The van der Waals surface area contributed by atoms with Crippen LogP contribution in [0.4, 0.5) is 0 Å². The number of ether oxygens (including phenoxy) is 1. The van der Waals surface area contributed by atoms with Gasteiger partial charge in [-0.15, -0.1) is 0 Å². The minimum Gasteiger partial charge on any atom is -0.381 e. The third-order valence-corrected chi connectivity index (χ3v) is 4.09. The van der Waals surface area contributed by atoms with Gasteiger partial charge in [0.25, 0.3) is 0 Å². The summed E-state index contributed by atoms with van der Waals surface area (Å²) < 4.78 is 5.45. The van der Waals surface area contributed by atoms with Crippen LogP contribution in [0, 0.1) is 0 Å². The van der Waals surface area contributed by atoms with E-state index in [2.05, 4.69) is 48.5 Å². The van der Waals surface area contributed by atoms with Crippen LogP contribution in [-0.4, -0.2) is 37.7 Å². The van der Waals surface area contributed by atoms with Gasteiger partial charge in [-0.05, 0) is 44.0 Å². The number of rotatable bonds is 7. The van der Waals surface area contributed by atoms with Crippen molar-refractivity contribution in [2.24, 2.45) is 0 Å². The maximum atomic E-state index is 5.45. The van der Waals surface area contributed by atoms with E-state index in [9.17, 15) is 0 Å². The van der Waals surface area contributed by atoms with Gasteiger partial charge in [0.15, 0.2) is 0 Å². The van der Waals surface area contributed by atoms with Crippen molar-refractivity contribution in [1.82, 2.24) is 10.2 Å². The van der Waals surface area contributed by atoms with Crippen LogP contribution in [0.2, 0.25) is 0 Å². The summed E-state index contributed by atoms with van der Waals surface area (Å²) >= 11 is 0. The van der Waals surface area contributed by atoms with Crippen molar-refractivity contribution >= 4 is 0 Å². The Hall–Kier alpha value is -0.900. The predicted octanol–water partition coefficient (Wildman–Crippen LogP) is 2.80. The van der Waals surface area contributed by atoms with Crippen LogP contribution in [0.1, 0.15) is 37.3 Å². The highest BCUT2D eigenvalue weighted by molar-refractivity contribution is 5.27. The largest absolute Gasteiger partial charge is 0.381 e. The summed E-state index contributed by atoms with van der Waals surface area (Å²) in [6, 6.07) is 9.46. The molecule has 0 unspecified atom stereocenters. The Morgan fingerprint density at radius 1 is 1.20 bits per heavy atom. The Balaban J connectivity index is 1.93. The molecule has 0 radical (unpaired) electrons. The first-order valence-electron chi connectivity index (χ1n) is 7.86. The summed E-state index contributed by atoms with van der Waals surface area (Å²) in [6.07, 6.45) is 3.50. The second-order valence-corrected chi connectivity index (χ2v) is 5.70. The van der Waals surface area contributed by atoms with E-state index in [1.165, 1.54) is 17.5 Å². The second-order valence-electron chi connectivity index (χ2n) is 5.70.